The van der Waals surface area contributed by atoms with E-state index in [1.165, 1.54) is 0 Å². The highest BCUT2D eigenvalue weighted by Crippen LogP contribution is 2.12. The number of nitrogens with one attached hydrogen (secondary N) is 1. The van der Waals surface area contributed by atoms with E-state index in [9.17, 15) is 9.59 Å². The Morgan fingerprint density at radius 3 is 2.00 bits per heavy atom. The highest BCUT2D eigenvalue weighted by molar-refractivity contribution is 6.05. The van der Waals surface area contributed by atoms with Crippen LogP contribution >= 0.6 is 0 Å². The van der Waals surface area contributed by atoms with Gasteiger partial charge < -0.3 is 0 Å². The van der Waals surface area contributed by atoms with Crippen molar-refractivity contribution in [1.82, 2.24) is 5.32 Å². The Morgan fingerprint density at radius 2 is 1.69 bits per heavy atom. The predicted octanol–water partition coefficient (Wildman–Crippen LogP) is 1.64. The van der Waals surface area contributed by atoms with E-state index in [1.807, 2.05) is 0 Å². The fourth-order valence-corrected chi connectivity index (χ4v) is 0.520. The fraction of sp³-hybridized carbons (Fsp3) is 0.600. The SMILES string of the molecule is CC=C(C)C(=O)NC(=O)C(C)(C)C. The van der Waals surface area contributed by atoms with Crippen molar-refractivity contribution in [1.29, 1.82) is 0 Å². The van der Waals surface area contributed by atoms with Crippen molar-refractivity contribution in [3.05, 3.63) is 11.6 Å². The molecule has 0 aromatic carbocycles. The van der Waals surface area contributed by atoms with E-state index in [1.54, 1.807) is 40.7 Å². The van der Waals surface area contributed by atoms with E-state index < -0.39 is 5.41 Å². The van der Waals surface area contributed by atoms with Crippen LogP contribution in [0.1, 0.15) is 34.6 Å². The summed E-state index contributed by atoms with van der Waals surface area (Å²) in [7, 11) is 0. The largest absolute Gasteiger partial charge is 0.292 e. The molecule has 0 saturated heterocycles. The van der Waals surface area contributed by atoms with Crippen LogP contribution in [0.5, 0.6) is 0 Å². The van der Waals surface area contributed by atoms with Crippen molar-refractivity contribution in [3.8, 4) is 0 Å². The van der Waals surface area contributed by atoms with E-state index in [-0.39, 0.29) is 11.8 Å². The van der Waals surface area contributed by atoms with E-state index in [0.29, 0.717) is 5.57 Å². The average molecular weight is 183 g/mol. The van der Waals surface area contributed by atoms with Crippen molar-refractivity contribution in [3.63, 3.8) is 0 Å². The van der Waals surface area contributed by atoms with Gasteiger partial charge in [0.25, 0.3) is 5.91 Å². The molecule has 0 atom stereocenters. The first-order valence-electron chi connectivity index (χ1n) is 4.27. The Labute approximate surface area is 79.2 Å². The van der Waals surface area contributed by atoms with Gasteiger partial charge in [-0.15, -0.1) is 0 Å². The molecule has 0 aliphatic heterocycles. The van der Waals surface area contributed by atoms with Crippen LogP contribution in [0, 0.1) is 5.41 Å². The first-order valence-corrected chi connectivity index (χ1v) is 4.27. The second kappa shape index (κ2) is 4.21. The maximum absolute atomic E-state index is 11.3. The molecule has 0 aromatic heterocycles. The van der Waals surface area contributed by atoms with Crippen LogP contribution in [0.3, 0.4) is 0 Å². The zero-order valence-electron chi connectivity index (χ0n) is 8.89. The summed E-state index contributed by atoms with van der Waals surface area (Å²) in [6.07, 6.45) is 1.67. The summed E-state index contributed by atoms with van der Waals surface area (Å²) >= 11 is 0. The second-order valence-electron chi connectivity index (χ2n) is 4.00. The van der Waals surface area contributed by atoms with Gasteiger partial charge in [0.05, 0.1) is 0 Å². The molecule has 3 heteroatoms. The molecule has 0 spiro atoms. The van der Waals surface area contributed by atoms with Crippen LogP contribution < -0.4 is 5.32 Å². The van der Waals surface area contributed by atoms with Crippen LogP contribution in [0.15, 0.2) is 11.6 Å². The minimum absolute atomic E-state index is 0.251. The van der Waals surface area contributed by atoms with Gasteiger partial charge in [0.1, 0.15) is 0 Å². The third-order valence-electron chi connectivity index (χ3n) is 1.70. The lowest BCUT2D eigenvalue weighted by atomic mass is 9.95. The molecule has 0 unspecified atom stereocenters. The van der Waals surface area contributed by atoms with Gasteiger partial charge in [0.15, 0.2) is 0 Å². The third kappa shape index (κ3) is 3.87. The Morgan fingerprint density at radius 1 is 1.23 bits per heavy atom. The molecule has 2 amide bonds. The van der Waals surface area contributed by atoms with Gasteiger partial charge in [0, 0.05) is 11.0 Å². The monoisotopic (exact) mass is 183 g/mol. The van der Waals surface area contributed by atoms with Crippen molar-refractivity contribution in [2.24, 2.45) is 5.41 Å². The molecule has 0 saturated carbocycles. The van der Waals surface area contributed by atoms with Gasteiger partial charge in [0.2, 0.25) is 5.91 Å². The summed E-state index contributed by atoms with van der Waals surface area (Å²) < 4.78 is 0. The van der Waals surface area contributed by atoms with Crippen LogP contribution in [-0.4, -0.2) is 11.8 Å². The third-order valence-corrected chi connectivity index (χ3v) is 1.70. The number of rotatable bonds is 1. The molecule has 0 bridgehead atoms. The molecular weight excluding hydrogens is 166 g/mol. The van der Waals surface area contributed by atoms with Gasteiger partial charge >= 0.3 is 0 Å². The number of allylic oxidation sites excluding steroid dienone is 1. The minimum atomic E-state index is -0.524. The van der Waals surface area contributed by atoms with Crippen molar-refractivity contribution in [2.75, 3.05) is 0 Å². The zero-order chi connectivity index (χ0) is 10.6. The Balaban J connectivity index is 4.33. The predicted molar refractivity (Wildman–Crippen MR) is 52.0 cm³/mol. The number of carbonyl (C=O) groups excluding carboxylic acids is 2. The quantitative estimate of drug-likeness (QED) is 0.628. The lowest BCUT2D eigenvalue weighted by molar-refractivity contribution is -0.133. The molecule has 0 aliphatic rings. The number of amides is 2. The van der Waals surface area contributed by atoms with Gasteiger partial charge in [-0.05, 0) is 13.8 Å². The second-order valence-corrected chi connectivity index (χ2v) is 4.00. The maximum Gasteiger partial charge on any atom is 0.253 e. The normalized spacial score (nSPS) is 12.5. The first-order chi connectivity index (χ1) is 5.79. The molecule has 74 valence electrons. The molecule has 0 fully saturated rings. The number of hydrogen-bond donors (Lipinski definition) is 1. The number of carbonyl (C=O) groups is 2. The van der Waals surface area contributed by atoms with Gasteiger partial charge in [-0.3, -0.25) is 14.9 Å². The van der Waals surface area contributed by atoms with Gasteiger partial charge in [-0.25, -0.2) is 0 Å². The first kappa shape index (κ1) is 11.9. The molecule has 0 heterocycles. The minimum Gasteiger partial charge on any atom is -0.292 e. The summed E-state index contributed by atoms with van der Waals surface area (Å²) in [5.74, 6) is -0.568. The zero-order valence-corrected chi connectivity index (χ0v) is 8.89. The summed E-state index contributed by atoms with van der Waals surface area (Å²) in [5, 5.41) is 2.32. The van der Waals surface area contributed by atoms with E-state index in [0.717, 1.165) is 0 Å². The molecule has 0 aliphatic carbocycles. The van der Waals surface area contributed by atoms with Crippen LogP contribution in [0.25, 0.3) is 0 Å². The summed E-state index contributed by atoms with van der Waals surface area (Å²) in [4.78, 5) is 22.6. The van der Waals surface area contributed by atoms with Crippen molar-refractivity contribution < 1.29 is 9.59 Å². The summed E-state index contributed by atoms with van der Waals surface area (Å²) in [5.41, 5.74) is 0.0292. The molecule has 0 rings (SSSR count). The molecule has 3 nitrogen and oxygen atoms in total. The Kier molecular flexibility index (Phi) is 3.85. The van der Waals surface area contributed by atoms with Crippen LogP contribution in [-0.2, 0) is 9.59 Å². The molecule has 0 aromatic rings. The smallest absolute Gasteiger partial charge is 0.253 e. The summed E-state index contributed by atoms with van der Waals surface area (Å²) in [6, 6.07) is 0. The fourth-order valence-electron chi connectivity index (χ4n) is 0.520. The lowest BCUT2D eigenvalue weighted by Crippen LogP contribution is -2.39. The van der Waals surface area contributed by atoms with Crippen molar-refractivity contribution in [2.45, 2.75) is 34.6 Å². The van der Waals surface area contributed by atoms with E-state index in [2.05, 4.69) is 5.32 Å². The van der Waals surface area contributed by atoms with Crippen LogP contribution in [0.4, 0.5) is 0 Å². The summed E-state index contributed by atoms with van der Waals surface area (Å²) in [6.45, 7) is 8.73. The Hall–Kier alpha value is -1.12. The average Bonchev–Trinajstić information content (AvgIpc) is 2.01. The number of imide groups is 1. The standard InChI is InChI=1S/C10H17NO2/c1-6-7(2)8(12)11-9(13)10(3,4)5/h6H,1-5H3,(H,11,12,13). The number of hydrogen-bond acceptors (Lipinski definition) is 2. The van der Waals surface area contributed by atoms with Crippen LogP contribution in [0.2, 0.25) is 0 Å². The molecule has 13 heavy (non-hydrogen) atoms. The lowest BCUT2D eigenvalue weighted by Gasteiger charge is -2.16. The van der Waals surface area contributed by atoms with E-state index in [4.69, 9.17) is 0 Å². The highest BCUT2D eigenvalue weighted by atomic mass is 16.2. The van der Waals surface area contributed by atoms with E-state index >= 15 is 0 Å². The van der Waals surface area contributed by atoms with Crippen molar-refractivity contribution >= 4 is 11.8 Å². The molecule has 0 radical (unpaired) electrons. The topological polar surface area (TPSA) is 46.2 Å². The molecule has 1 N–H and O–H groups in total. The van der Waals surface area contributed by atoms with Gasteiger partial charge in [-0.1, -0.05) is 26.8 Å². The maximum atomic E-state index is 11.3. The van der Waals surface area contributed by atoms with Gasteiger partial charge in [-0.2, -0.15) is 0 Å². The molecular formula is C10H17NO2. The Bertz CT molecular complexity index is 246. The highest BCUT2D eigenvalue weighted by Gasteiger charge is 2.23.